The van der Waals surface area contributed by atoms with Gasteiger partial charge in [0.2, 0.25) is 23.7 Å². The van der Waals surface area contributed by atoms with E-state index in [1.165, 1.54) is 11.1 Å². The molecule has 1 saturated carbocycles. The number of carbonyl (C=O) groups excluding carboxylic acids is 5. The molecule has 0 unspecified atom stereocenters. The number of hydroxylamine groups is 2. The van der Waals surface area contributed by atoms with Crippen molar-refractivity contribution in [1.29, 1.82) is 0 Å². The number of rotatable bonds is 13. The van der Waals surface area contributed by atoms with Crippen LogP contribution in [0.1, 0.15) is 48.9 Å². The number of carbonyl (C=O) groups is 5. The lowest BCUT2D eigenvalue weighted by molar-refractivity contribution is -0.213. The number of amides is 2. The van der Waals surface area contributed by atoms with Gasteiger partial charge in [0.25, 0.3) is 0 Å². The van der Waals surface area contributed by atoms with Crippen molar-refractivity contribution in [3.63, 3.8) is 0 Å². The van der Waals surface area contributed by atoms with E-state index in [1.54, 1.807) is 44.2 Å². The monoisotopic (exact) mass is 795 g/mol. The summed E-state index contributed by atoms with van der Waals surface area (Å²) in [5.41, 5.74) is 0.692. The SMILES string of the molecule is CC1(C)COC(=O)[C@@H]1OC(=O)C=Cc1ccc(CN2O[C@@H]3[C@H]4OC(c5ccccc5)(c5ccccc5)O[C@H]4[C@@H]4C[C@]3(C(=O)NCCC(=O)NCCO)[C@@H]2C(=O)O4)cc1. The molecular formula is C43H45N3O12. The van der Waals surface area contributed by atoms with E-state index < -0.39 is 77.0 Å². The van der Waals surface area contributed by atoms with E-state index in [0.29, 0.717) is 16.7 Å². The van der Waals surface area contributed by atoms with Crippen LogP contribution >= 0.6 is 0 Å². The molecule has 2 amide bonds. The highest BCUT2D eigenvalue weighted by Gasteiger charge is 2.76. The van der Waals surface area contributed by atoms with Gasteiger partial charge < -0.3 is 39.4 Å². The van der Waals surface area contributed by atoms with Gasteiger partial charge in [-0.25, -0.2) is 9.59 Å². The van der Waals surface area contributed by atoms with Gasteiger partial charge in [-0.05, 0) is 17.2 Å². The molecule has 3 N–H and O–H groups in total. The maximum Gasteiger partial charge on any atom is 0.348 e. The number of nitrogens with zero attached hydrogens (tertiary/aromatic N) is 1. The van der Waals surface area contributed by atoms with Crippen molar-refractivity contribution in [2.75, 3.05) is 26.3 Å². The standard InChI is InChI=1S/C43H45N3O12/c1-41(2)25-53-39(51)37(41)55-32(49)18-17-26-13-15-27(16-14-26)24-46-35-38(50)54-30-23-42(35,40(52)45-20-19-31(48)44-21-22-47)36(58-46)34-33(30)56-43(57-34,28-9-5-3-6-10-28)29-11-7-4-8-12-29/h3-18,30,33-37,47H,19-25H2,1-2H3,(H,44,48)(H,45,52)/t30-,33-,34-,35-,36+,37-,42-/m0/s1. The lowest BCUT2D eigenvalue weighted by atomic mass is 9.62. The molecule has 304 valence electrons. The van der Waals surface area contributed by atoms with Crippen molar-refractivity contribution in [2.45, 2.75) is 75.6 Å². The van der Waals surface area contributed by atoms with Crippen LogP contribution in [-0.2, 0) is 64.8 Å². The predicted molar refractivity (Wildman–Crippen MR) is 202 cm³/mol. The quantitative estimate of drug-likeness (QED) is 0.130. The lowest BCUT2D eigenvalue weighted by Crippen LogP contribution is -2.69. The molecule has 0 aromatic heterocycles. The van der Waals surface area contributed by atoms with Crippen LogP contribution < -0.4 is 10.6 Å². The Kier molecular flexibility index (Phi) is 10.7. The van der Waals surface area contributed by atoms with Gasteiger partial charge in [0.05, 0.1) is 13.2 Å². The maximum atomic E-state index is 14.6. The number of ether oxygens (including phenoxy) is 5. The molecule has 1 aliphatic carbocycles. The third kappa shape index (κ3) is 7.06. The minimum Gasteiger partial charge on any atom is -0.462 e. The van der Waals surface area contributed by atoms with Crippen LogP contribution in [0.15, 0.2) is 91.0 Å². The van der Waals surface area contributed by atoms with Crippen LogP contribution in [-0.4, -0.2) is 103 Å². The highest BCUT2D eigenvalue weighted by Crippen LogP contribution is 2.59. The first-order valence-corrected chi connectivity index (χ1v) is 19.4. The zero-order valence-corrected chi connectivity index (χ0v) is 32.0. The fraction of sp³-hybridized carbons (Fsp3) is 0.419. The molecule has 3 aromatic rings. The van der Waals surface area contributed by atoms with Gasteiger partial charge in [-0.15, -0.1) is 0 Å². The van der Waals surface area contributed by atoms with Gasteiger partial charge in [0, 0.05) is 48.5 Å². The van der Waals surface area contributed by atoms with Gasteiger partial charge in [0.15, 0.2) is 6.04 Å². The second-order valence-corrected chi connectivity index (χ2v) is 15.8. The van der Waals surface area contributed by atoms with Crippen molar-refractivity contribution < 1.29 is 57.6 Å². The highest BCUT2D eigenvalue weighted by molar-refractivity contribution is 5.94. The van der Waals surface area contributed by atoms with E-state index in [-0.39, 0.29) is 51.6 Å². The maximum absolute atomic E-state index is 14.6. The van der Waals surface area contributed by atoms with Crippen molar-refractivity contribution >= 4 is 35.8 Å². The Labute approximate surface area is 334 Å². The van der Waals surface area contributed by atoms with Crippen molar-refractivity contribution in [1.82, 2.24) is 15.7 Å². The van der Waals surface area contributed by atoms with E-state index >= 15 is 0 Å². The van der Waals surface area contributed by atoms with Gasteiger partial charge >= 0.3 is 17.9 Å². The van der Waals surface area contributed by atoms with E-state index in [0.717, 1.165) is 5.56 Å². The van der Waals surface area contributed by atoms with E-state index in [4.69, 9.17) is 33.6 Å². The molecule has 5 aliphatic rings. The smallest absolute Gasteiger partial charge is 0.348 e. The molecule has 4 saturated heterocycles. The average molecular weight is 796 g/mol. The van der Waals surface area contributed by atoms with Crippen LogP contribution in [0.4, 0.5) is 0 Å². The molecule has 0 radical (unpaired) electrons. The van der Waals surface area contributed by atoms with E-state index in [1.807, 2.05) is 60.7 Å². The van der Waals surface area contributed by atoms with Gasteiger partial charge in [-0.3, -0.25) is 19.2 Å². The predicted octanol–water partition coefficient (Wildman–Crippen LogP) is 2.29. The Morgan fingerprint density at radius 2 is 1.55 bits per heavy atom. The fourth-order valence-electron chi connectivity index (χ4n) is 8.60. The Balaban J connectivity index is 1.07. The molecule has 8 rings (SSSR count). The summed E-state index contributed by atoms with van der Waals surface area (Å²) in [4.78, 5) is 72.4. The first kappa shape index (κ1) is 39.4. The lowest BCUT2D eigenvalue weighted by Gasteiger charge is -2.48. The second-order valence-electron chi connectivity index (χ2n) is 15.8. The Hall–Kier alpha value is -5.45. The molecule has 4 aliphatic heterocycles. The normalized spacial score (nSPS) is 29.0. The second kappa shape index (κ2) is 15.7. The summed E-state index contributed by atoms with van der Waals surface area (Å²) in [6, 6.07) is 24.8. The number of aliphatic hydroxyl groups excluding tert-OH is 1. The van der Waals surface area contributed by atoms with Crippen LogP contribution in [0, 0.1) is 10.8 Å². The number of benzene rings is 3. The first-order valence-electron chi connectivity index (χ1n) is 19.4. The Morgan fingerprint density at radius 3 is 2.19 bits per heavy atom. The molecule has 0 spiro atoms. The van der Waals surface area contributed by atoms with Gasteiger partial charge in [0.1, 0.15) is 36.4 Å². The average Bonchev–Trinajstić information content (AvgIpc) is 3.88. The zero-order chi connectivity index (χ0) is 40.7. The number of fused-ring (bicyclic) bond motifs is 4. The summed E-state index contributed by atoms with van der Waals surface area (Å²) in [5, 5.41) is 16.0. The third-order valence-electron chi connectivity index (χ3n) is 11.4. The number of cyclic esters (lactones) is 1. The molecule has 15 heteroatoms. The van der Waals surface area contributed by atoms with Crippen LogP contribution in [0.5, 0.6) is 0 Å². The topological polar surface area (TPSA) is 188 Å². The van der Waals surface area contributed by atoms with Crippen molar-refractivity contribution in [2.24, 2.45) is 10.8 Å². The molecular weight excluding hydrogens is 750 g/mol. The van der Waals surface area contributed by atoms with Crippen molar-refractivity contribution in [3.8, 4) is 0 Å². The zero-order valence-electron chi connectivity index (χ0n) is 32.0. The fourth-order valence-corrected chi connectivity index (χ4v) is 8.60. The number of nitrogens with one attached hydrogen (secondary N) is 2. The minimum atomic E-state index is -1.49. The van der Waals surface area contributed by atoms with Gasteiger partial charge in [-0.2, -0.15) is 5.06 Å². The summed E-state index contributed by atoms with van der Waals surface area (Å²) in [5.74, 6) is -4.16. The summed E-state index contributed by atoms with van der Waals surface area (Å²) >= 11 is 0. The molecule has 5 fully saturated rings. The molecule has 3 aromatic carbocycles. The number of hydrogen-bond donors (Lipinski definition) is 3. The van der Waals surface area contributed by atoms with Gasteiger partial charge in [-0.1, -0.05) is 98.8 Å². The summed E-state index contributed by atoms with van der Waals surface area (Å²) in [6.07, 6.45) is -1.70. The molecule has 2 bridgehead atoms. The Morgan fingerprint density at radius 1 is 0.879 bits per heavy atom. The van der Waals surface area contributed by atoms with E-state index in [9.17, 15) is 24.0 Å². The summed E-state index contributed by atoms with van der Waals surface area (Å²) < 4.78 is 30.4. The van der Waals surface area contributed by atoms with E-state index in [2.05, 4.69) is 10.6 Å². The minimum absolute atomic E-state index is 0.0224. The summed E-state index contributed by atoms with van der Waals surface area (Å²) in [7, 11) is 0. The third-order valence-corrected chi connectivity index (χ3v) is 11.4. The molecule has 4 heterocycles. The molecule has 58 heavy (non-hydrogen) atoms. The van der Waals surface area contributed by atoms with Crippen LogP contribution in [0.3, 0.4) is 0 Å². The number of aliphatic hydroxyl groups is 1. The Bertz CT molecular complexity index is 2040. The van der Waals surface area contributed by atoms with Crippen molar-refractivity contribution in [3.05, 3.63) is 113 Å². The van der Waals surface area contributed by atoms with Crippen LogP contribution in [0.25, 0.3) is 6.08 Å². The molecule has 15 nitrogen and oxygen atoms in total. The largest absolute Gasteiger partial charge is 0.462 e. The number of esters is 3. The number of hydrogen-bond acceptors (Lipinski definition) is 13. The first-order chi connectivity index (χ1) is 27.9. The highest BCUT2D eigenvalue weighted by atomic mass is 16.8. The summed E-state index contributed by atoms with van der Waals surface area (Å²) in [6.45, 7) is 3.66. The van der Waals surface area contributed by atoms with Crippen LogP contribution in [0.2, 0.25) is 0 Å². The molecule has 7 atom stereocenters.